The Balaban J connectivity index is 2.59. The molecule has 140 valence electrons. The maximum absolute atomic E-state index is 13.2. The molecule has 0 amide bonds. The van der Waals surface area contributed by atoms with Crippen molar-refractivity contribution in [2.24, 2.45) is 5.92 Å². The average molecular weight is 366 g/mol. The highest BCUT2D eigenvalue weighted by atomic mass is 16.5. The summed E-state index contributed by atoms with van der Waals surface area (Å²) in [5.74, 6) is -3.97. The van der Waals surface area contributed by atoms with Gasteiger partial charge < -0.3 is 9.47 Å². The van der Waals surface area contributed by atoms with Crippen LogP contribution in [0.15, 0.2) is 72.8 Å². The van der Waals surface area contributed by atoms with Gasteiger partial charge in [0.1, 0.15) is 5.92 Å². The lowest BCUT2D eigenvalue weighted by Crippen LogP contribution is -2.34. The summed E-state index contributed by atoms with van der Waals surface area (Å²) >= 11 is 0. The predicted molar refractivity (Wildman–Crippen MR) is 101 cm³/mol. The first-order valence-electron chi connectivity index (χ1n) is 8.59. The molecule has 0 aliphatic rings. The molecule has 2 aromatic carbocycles. The smallest absolute Gasteiger partial charge is 0.333 e. The van der Waals surface area contributed by atoms with Gasteiger partial charge in [-0.25, -0.2) is 4.79 Å². The summed E-state index contributed by atoms with van der Waals surface area (Å²) in [6, 6.07) is 17.3. The third kappa shape index (κ3) is 4.70. The number of carbonyl (C=O) groups excluding carboxylic acids is 3. The standard InChI is InChI=1S/C22H22O5/c1-4-27-22(25)19(20(23)17-13-9-6-10-14-17)18(15(2)21(24)26-3)16-11-7-5-8-12-16/h5-14,18-19H,2,4H2,1,3H3. The molecule has 2 aromatic rings. The minimum absolute atomic E-state index is 0.0195. The average Bonchev–Trinajstić information content (AvgIpc) is 2.71. The largest absolute Gasteiger partial charge is 0.466 e. The Morgan fingerprint density at radius 2 is 1.52 bits per heavy atom. The SMILES string of the molecule is C=C(C(=O)OC)C(c1ccccc1)C(C(=O)OCC)C(=O)c1ccccc1. The fourth-order valence-corrected chi connectivity index (χ4v) is 2.92. The topological polar surface area (TPSA) is 69.7 Å². The molecule has 0 bridgehead atoms. The molecule has 0 radical (unpaired) electrons. The van der Waals surface area contributed by atoms with Crippen LogP contribution in [0.1, 0.15) is 28.8 Å². The van der Waals surface area contributed by atoms with E-state index in [1.165, 1.54) is 7.11 Å². The zero-order valence-corrected chi connectivity index (χ0v) is 15.4. The van der Waals surface area contributed by atoms with Crippen molar-refractivity contribution in [1.82, 2.24) is 0 Å². The van der Waals surface area contributed by atoms with E-state index in [0.29, 0.717) is 11.1 Å². The van der Waals surface area contributed by atoms with Crippen LogP contribution in [0.3, 0.4) is 0 Å². The van der Waals surface area contributed by atoms with Crippen LogP contribution in [0.2, 0.25) is 0 Å². The highest BCUT2D eigenvalue weighted by molar-refractivity contribution is 6.10. The van der Waals surface area contributed by atoms with Crippen LogP contribution in [0.5, 0.6) is 0 Å². The number of benzene rings is 2. The first-order chi connectivity index (χ1) is 13.0. The van der Waals surface area contributed by atoms with Crippen LogP contribution in [-0.4, -0.2) is 31.4 Å². The van der Waals surface area contributed by atoms with Gasteiger partial charge >= 0.3 is 11.9 Å². The Bertz CT molecular complexity index is 811. The molecule has 5 heteroatoms. The molecule has 2 unspecified atom stereocenters. The van der Waals surface area contributed by atoms with Crippen molar-refractivity contribution in [3.05, 3.63) is 83.9 Å². The van der Waals surface area contributed by atoms with Crippen LogP contribution < -0.4 is 0 Å². The van der Waals surface area contributed by atoms with Crippen molar-refractivity contribution in [3.63, 3.8) is 0 Å². The Kier molecular flexibility index (Phi) is 7.06. The van der Waals surface area contributed by atoms with E-state index in [9.17, 15) is 14.4 Å². The molecule has 2 rings (SSSR count). The van der Waals surface area contributed by atoms with Crippen LogP contribution in [0.4, 0.5) is 0 Å². The summed E-state index contributed by atoms with van der Waals surface area (Å²) in [6.07, 6.45) is 0. The van der Waals surface area contributed by atoms with Crippen molar-refractivity contribution in [2.75, 3.05) is 13.7 Å². The lowest BCUT2D eigenvalue weighted by molar-refractivity contribution is -0.146. The zero-order valence-electron chi connectivity index (χ0n) is 15.4. The van der Waals surface area contributed by atoms with Crippen LogP contribution in [0.25, 0.3) is 0 Å². The summed E-state index contributed by atoms with van der Waals surface area (Å²) in [7, 11) is 1.23. The Morgan fingerprint density at radius 1 is 0.963 bits per heavy atom. The maximum atomic E-state index is 13.2. The number of hydrogen-bond donors (Lipinski definition) is 0. The number of ether oxygens (including phenoxy) is 2. The summed E-state index contributed by atoms with van der Waals surface area (Å²) in [5, 5.41) is 0. The molecular weight excluding hydrogens is 344 g/mol. The highest BCUT2D eigenvalue weighted by Gasteiger charge is 2.41. The van der Waals surface area contributed by atoms with Gasteiger partial charge in [-0.2, -0.15) is 0 Å². The van der Waals surface area contributed by atoms with Crippen molar-refractivity contribution in [3.8, 4) is 0 Å². The minimum atomic E-state index is -1.25. The molecule has 0 aliphatic heterocycles. The minimum Gasteiger partial charge on any atom is -0.466 e. The Hall–Kier alpha value is -3.21. The molecule has 0 N–H and O–H groups in total. The summed E-state index contributed by atoms with van der Waals surface area (Å²) < 4.78 is 9.95. The van der Waals surface area contributed by atoms with Crippen molar-refractivity contribution in [2.45, 2.75) is 12.8 Å². The molecule has 0 fully saturated rings. The lowest BCUT2D eigenvalue weighted by Gasteiger charge is -2.26. The second-order valence-electron chi connectivity index (χ2n) is 5.87. The maximum Gasteiger partial charge on any atom is 0.333 e. The van der Waals surface area contributed by atoms with Gasteiger partial charge in [0.15, 0.2) is 5.78 Å². The Labute approximate surface area is 158 Å². The third-order valence-corrected chi connectivity index (χ3v) is 4.20. The van der Waals surface area contributed by atoms with Crippen molar-refractivity contribution in [1.29, 1.82) is 0 Å². The summed E-state index contributed by atoms with van der Waals surface area (Å²) in [5.41, 5.74) is 0.982. The van der Waals surface area contributed by atoms with E-state index in [-0.39, 0.29) is 12.2 Å². The second-order valence-corrected chi connectivity index (χ2v) is 5.87. The van der Waals surface area contributed by atoms with Crippen LogP contribution in [0, 0.1) is 5.92 Å². The van der Waals surface area contributed by atoms with Gasteiger partial charge in [-0.05, 0) is 12.5 Å². The Morgan fingerprint density at radius 3 is 2.04 bits per heavy atom. The summed E-state index contributed by atoms with van der Waals surface area (Å²) in [4.78, 5) is 38.1. The first kappa shape index (κ1) is 20.1. The quantitative estimate of drug-likeness (QED) is 0.309. The van der Waals surface area contributed by atoms with Crippen molar-refractivity contribution < 1.29 is 23.9 Å². The number of esters is 2. The van der Waals surface area contributed by atoms with E-state index in [0.717, 1.165) is 0 Å². The molecule has 0 aliphatic carbocycles. The molecule has 0 aromatic heterocycles. The van der Waals surface area contributed by atoms with Gasteiger partial charge in [0.2, 0.25) is 0 Å². The fourth-order valence-electron chi connectivity index (χ4n) is 2.92. The van der Waals surface area contributed by atoms with E-state index < -0.39 is 29.6 Å². The van der Waals surface area contributed by atoms with E-state index >= 15 is 0 Å². The second kappa shape index (κ2) is 9.48. The highest BCUT2D eigenvalue weighted by Crippen LogP contribution is 2.35. The van der Waals surface area contributed by atoms with Crippen LogP contribution >= 0.6 is 0 Å². The zero-order chi connectivity index (χ0) is 19.8. The molecule has 0 saturated carbocycles. The number of carbonyl (C=O) groups is 3. The van der Waals surface area contributed by atoms with E-state index in [1.807, 2.05) is 0 Å². The van der Waals surface area contributed by atoms with E-state index in [2.05, 4.69) is 6.58 Å². The molecule has 0 saturated heterocycles. The number of ketones is 1. The fraction of sp³-hybridized carbons (Fsp3) is 0.227. The molecular formula is C22H22O5. The van der Waals surface area contributed by atoms with Crippen molar-refractivity contribution >= 4 is 17.7 Å². The molecule has 0 heterocycles. The number of rotatable bonds is 8. The normalized spacial score (nSPS) is 12.5. The molecule has 5 nitrogen and oxygen atoms in total. The van der Waals surface area contributed by atoms with Gasteiger partial charge in [-0.15, -0.1) is 0 Å². The van der Waals surface area contributed by atoms with Gasteiger partial charge in [0.25, 0.3) is 0 Å². The third-order valence-electron chi connectivity index (χ3n) is 4.20. The first-order valence-corrected chi connectivity index (χ1v) is 8.59. The number of Topliss-reactive ketones (excluding diaryl/α,β-unsaturated/α-hetero) is 1. The molecule has 0 spiro atoms. The van der Waals surface area contributed by atoms with Gasteiger partial charge in [0, 0.05) is 17.1 Å². The monoisotopic (exact) mass is 366 g/mol. The van der Waals surface area contributed by atoms with Gasteiger partial charge in [-0.1, -0.05) is 67.2 Å². The molecule has 2 atom stereocenters. The molecule has 27 heavy (non-hydrogen) atoms. The predicted octanol–water partition coefficient (Wildman–Crippen LogP) is 3.56. The van der Waals surface area contributed by atoms with E-state index in [4.69, 9.17) is 9.47 Å². The van der Waals surface area contributed by atoms with E-state index in [1.54, 1.807) is 67.6 Å². The van der Waals surface area contributed by atoms with Gasteiger partial charge in [-0.3, -0.25) is 9.59 Å². The lowest BCUT2D eigenvalue weighted by atomic mass is 9.77. The summed E-state index contributed by atoms with van der Waals surface area (Å²) in [6.45, 7) is 5.58. The number of hydrogen-bond acceptors (Lipinski definition) is 5. The number of methoxy groups -OCH3 is 1. The van der Waals surface area contributed by atoms with Crippen LogP contribution in [-0.2, 0) is 19.1 Å². The van der Waals surface area contributed by atoms with Gasteiger partial charge in [0.05, 0.1) is 13.7 Å².